The molecule has 0 radical (unpaired) electrons. The standard InChI is InChI=1S/C15H21N3O2/c1-20-13-4-2-3-12(14(13)16)15(19)18-9-7-17(8-10-18)11-5-6-11/h2-4,11H,5-10,16H2,1H3. The molecule has 1 aromatic carbocycles. The van der Waals surface area contributed by atoms with Gasteiger partial charge in [0.2, 0.25) is 0 Å². The number of carbonyl (C=O) groups excluding carboxylic acids is 1. The Balaban J connectivity index is 1.70. The zero-order valence-electron chi connectivity index (χ0n) is 11.8. The van der Waals surface area contributed by atoms with Crippen LogP contribution >= 0.6 is 0 Å². The number of nitrogens with zero attached hydrogens (tertiary/aromatic N) is 2. The van der Waals surface area contributed by atoms with E-state index in [4.69, 9.17) is 10.5 Å². The minimum Gasteiger partial charge on any atom is -0.495 e. The second-order valence-electron chi connectivity index (χ2n) is 5.48. The number of amides is 1. The summed E-state index contributed by atoms with van der Waals surface area (Å²) in [4.78, 5) is 16.9. The molecule has 5 heteroatoms. The Bertz CT molecular complexity index is 506. The van der Waals surface area contributed by atoms with E-state index in [1.54, 1.807) is 19.2 Å². The van der Waals surface area contributed by atoms with E-state index in [1.807, 2.05) is 11.0 Å². The molecule has 0 spiro atoms. The quantitative estimate of drug-likeness (QED) is 0.842. The van der Waals surface area contributed by atoms with Crippen LogP contribution in [0, 0.1) is 0 Å². The molecule has 1 aromatic rings. The maximum atomic E-state index is 12.6. The summed E-state index contributed by atoms with van der Waals surface area (Å²) >= 11 is 0. The number of nitrogen functional groups attached to an aromatic ring is 1. The van der Waals surface area contributed by atoms with Crippen LogP contribution in [0.2, 0.25) is 0 Å². The third-order valence-electron chi connectivity index (χ3n) is 4.18. The van der Waals surface area contributed by atoms with Gasteiger partial charge in [-0.05, 0) is 25.0 Å². The molecule has 1 heterocycles. The van der Waals surface area contributed by atoms with Crippen molar-refractivity contribution in [3.63, 3.8) is 0 Å². The summed E-state index contributed by atoms with van der Waals surface area (Å²) in [5.74, 6) is 0.573. The van der Waals surface area contributed by atoms with Crippen molar-refractivity contribution in [3.8, 4) is 5.75 Å². The van der Waals surface area contributed by atoms with Gasteiger partial charge in [-0.1, -0.05) is 6.07 Å². The molecule has 108 valence electrons. The molecule has 1 saturated heterocycles. The van der Waals surface area contributed by atoms with Crippen LogP contribution in [-0.2, 0) is 0 Å². The summed E-state index contributed by atoms with van der Waals surface area (Å²) in [6.07, 6.45) is 2.63. The second kappa shape index (κ2) is 5.32. The summed E-state index contributed by atoms with van der Waals surface area (Å²) in [5, 5.41) is 0. The van der Waals surface area contributed by atoms with E-state index in [9.17, 15) is 4.79 Å². The molecular weight excluding hydrogens is 254 g/mol. The summed E-state index contributed by atoms with van der Waals surface area (Å²) in [6, 6.07) is 6.13. The third kappa shape index (κ3) is 2.45. The Morgan fingerprint density at radius 2 is 1.95 bits per heavy atom. The Hall–Kier alpha value is -1.75. The van der Waals surface area contributed by atoms with Gasteiger partial charge in [-0.25, -0.2) is 0 Å². The van der Waals surface area contributed by atoms with Gasteiger partial charge in [0.1, 0.15) is 5.75 Å². The predicted octanol–water partition coefficient (Wildman–Crippen LogP) is 1.20. The lowest BCUT2D eigenvalue weighted by Gasteiger charge is -2.35. The third-order valence-corrected chi connectivity index (χ3v) is 4.18. The van der Waals surface area contributed by atoms with E-state index in [-0.39, 0.29) is 5.91 Å². The lowest BCUT2D eigenvalue weighted by Crippen LogP contribution is -2.49. The highest BCUT2D eigenvalue weighted by Gasteiger charge is 2.32. The van der Waals surface area contributed by atoms with Crippen molar-refractivity contribution in [2.45, 2.75) is 18.9 Å². The molecule has 1 amide bonds. The van der Waals surface area contributed by atoms with Crippen molar-refractivity contribution >= 4 is 11.6 Å². The molecule has 2 aliphatic rings. The number of nitrogens with two attached hydrogens (primary N) is 1. The first kappa shape index (κ1) is 13.2. The van der Waals surface area contributed by atoms with Crippen molar-refractivity contribution in [3.05, 3.63) is 23.8 Å². The number of ether oxygens (including phenoxy) is 1. The van der Waals surface area contributed by atoms with Gasteiger partial charge < -0.3 is 15.4 Å². The summed E-state index contributed by atoms with van der Waals surface area (Å²) in [6.45, 7) is 3.51. The minimum atomic E-state index is 0.0110. The zero-order chi connectivity index (χ0) is 14.1. The highest BCUT2D eigenvalue weighted by molar-refractivity contribution is 6.00. The van der Waals surface area contributed by atoms with Crippen LogP contribution in [0.25, 0.3) is 0 Å². The molecule has 1 aliphatic heterocycles. The van der Waals surface area contributed by atoms with Crippen molar-refractivity contribution in [2.75, 3.05) is 39.0 Å². The molecule has 0 unspecified atom stereocenters. The van der Waals surface area contributed by atoms with Crippen molar-refractivity contribution < 1.29 is 9.53 Å². The van der Waals surface area contributed by atoms with Crippen LogP contribution < -0.4 is 10.5 Å². The maximum absolute atomic E-state index is 12.6. The van der Waals surface area contributed by atoms with Crippen molar-refractivity contribution in [1.29, 1.82) is 0 Å². The summed E-state index contributed by atoms with van der Waals surface area (Å²) in [5.41, 5.74) is 6.98. The van der Waals surface area contributed by atoms with Gasteiger partial charge >= 0.3 is 0 Å². The van der Waals surface area contributed by atoms with Crippen LogP contribution in [0.3, 0.4) is 0 Å². The Morgan fingerprint density at radius 3 is 2.55 bits per heavy atom. The minimum absolute atomic E-state index is 0.0110. The van der Waals surface area contributed by atoms with Gasteiger partial charge in [-0.2, -0.15) is 0 Å². The van der Waals surface area contributed by atoms with Gasteiger partial charge in [0.05, 0.1) is 18.4 Å². The monoisotopic (exact) mass is 275 g/mol. The molecule has 0 bridgehead atoms. The number of carbonyl (C=O) groups is 1. The highest BCUT2D eigenvalue weighted by atomic mass is 16.5. The number of piperazine rings is 1. The number of anilines is 1. The molecule has 2 fully saturated rings. The van der Waals surface area contributed by atoms with Crippen LogP contribution in [0.4, 0.5) is 5.69 Å². The van der Waals surface area contributed by atoms with Gasteiger partial charge in [0.25, 0.3) is 5.91 Å². The first-order chi connectivity index (χ1) is 9.70. The number of para-hydroxylation sites is 1. The van der Waals surface area contributed by atoms with Gasteiger partial charge in [-0.3, -0.25) is 9.69 Å². The molecule has 5 nitrogen and oxygen atoms in total. The van der Waals surface area contributed by atoms with E-state index >= 15 is 0 Å². The molecule has 1 saturated carbocycles. The van der Waals surface area contributed by atoms with Gasteiger partial charge in [-0.15, -0.1) is 0 Å². The molecule has 20 heavy (non-hydrogen) atoms. The molecule has 0 atom stereocenters. The number of hydrogen-bond donors (Lipinski definition) is 1. The molecule has 1 aliphatic carbocycles. The fourth-order valence-electron chi connectivity index (χ4n) is 2.81. The Kier molecular flexibility index (Phi) is 3.53. The van der Waals surface area contributed by atoms with Crippen LogP contribution in [0.1, 0.15) is 23.2 Å². The topological polar surface area (TPSA) is 58.8 Å². The highest BCUT2D eigenvalue weighted by Crippen LogP contribution is 2.29. The lowest BCUT2D eigenvalue weighted by atomic mass is 10.1. The average molecular weight is 275 g/mol. The SMILES string of the molecule is COc1cccc(C(=O)N2CCN(C3CC3)CC2)c1N. The van der Waals surface area contributed by atoms with Crippen molar-refractivity contribution in [2.24, 2.45) is 0 Å². The first-order valence-electron chi connectivity index (χ1n) is 7.16. The van der Waals surface area contributed by atoms with E-state index in [1.165, 1.54) is 12.8 Å². The van der Waals surface area contributed by atoms with Crippen molar-refractivity contribution in [1.82, 2.24) is 9.80 Å². The predicted molar refractivity (Wildman–Crippen MR) is 77.9 cm³/mol. The zero-order valence-corrected chi connectivity index (χ0v) is 11.8. The fourth-order valence-corrected chi connectivity index (χ4v) is 2.81. The summed E-state index contributed by atoms with van der Waals surface area (Å²) in [7, 11) is 1.56. The maximum Gasteiger partial charge on any atom is 0.256 e. The largest absolute Gasteiger partial charge is 0.495 e. The number of hydrogen-bond acceptors (Lipinski definition) is 4. The van der Waals surface area contributed by atoms with E-state index < -0.39 is 0 Å². The average Bonchev–Trinajstić information content (AvgIpc) is 3.32. The van der Waals surface area contributed by atoms with Crippen LogP contribution in [-0.4, -0.2) is 55.0 Å². The number of rotatable bonds is 3. The Morgan fingerprint density at radius 1 is 1.25 bits per heavy atom. The molecule has 2 N–H and O–H groups in total. The fraction of sp³-hybridized carbons (Fsp3) is 0.533. The normalized spacial score (nSPS) is 19.9. The lowest BCUT2D eigenvalue weighted by molar-refractivity contribution is 0.0628. The second-order valence-corrected chi connectivity index (χ2v) is 5.48. The van der Waals surface area contributed by atoms with Crippen LogP contribution in [0.5, 0.6) is 5.75 Å². The molecule has 3 rings (SSSR count). The number of benzene rings is 1. The molecular formula is C15H21N3O2. The van der Waals surface area contributed by atoms with Gasteiger partial charge in [0, 0.05) is 32.2 Å². The summed E-state index contributed by atoms with van der Waals surface area (Å²) < 4.78 is 5.18. The smallest absolute Gasteiger partial charge is 0.256 e. The van der Waals surface area contributed by atoms with E-state index in [0.717, 1.165) is 32.2 Å². The van der Waals surface area contributed by atoms with Crippen LogP contribution in [0.15, 0.2) is 18.2 Å². The van der Waals surface area contributed by atoms with E-state index in [0.29, 0.717) is 17.0 Å². The first-order valence-corrected chi connectivity index (χ1v) is 7.16. The van der Waals surface area contributed by atoms with Gasteiger partial charge in [0.15, 0.2) is 0 Å². The Labute approximate surface area is 119 Å². The molecule has 0 aromatic heterocycles. The van der Waals surface area contributed by atoms with E-state index in [2.05, 4.69) is 4.90 Å². The number of methoxy groups -OCH3 is 1.